The zero-order chi connectivity index (χ0) is 14.5. The van der Waals surface area contributed by atoms with E-state index in [9.17, 15) is 12.8 Å². The lowest BCUT2D eigenvalue weighted by atomic mass is 10.0. The van der Waals surface area contributed by atoms with Gasteiger partial charge >= 0.3 is 0 Å². The molecule has 0 fully saturated rings. The van der Waals surface area contributed by atoms with E-state index in [4.69, 9.17) is 0 Å². The van der Waals surface area contributed by atoms with Crippen LogP contribution in [-0.2, 0) is 9.84 Å². The molecule has 1 atom stereocenters. The van der Waals surface area contributed by atoms with Crippen molar-refractivity contribution in [1.29, 1.82) is 0 Å². The summed E-state index contributed by atoms with van der Waals surface area (Å²) in [6.07, 6.45) is 1.21. The minimum absolute atomic E-state index is 0.0582. The maximum Gasteiger partial charge on any atom is 0.150 e. The highest BCUT2D eigenvalue weighted by atomic mass is 79.9. The lowest BCUT2D eigenvalue weighted by Crippen LogP contribution is -2.19. The van der Waals surface area contributed by atoms with Gasteiger partial charge in [-0.1, -0.05) is 22.9 Å². The van der Waals surface area contributed by atoms with Crippen LogP contribution < -0.4 is 5.32 Å². The Morgan fingerprint density at radius 1 is 1.42 bits per heavy atom. The topological polar surface area (TPSA) is 46.2 Å². The van der Waals surface area contributed by atoms with Crippen molar-refractivity contribution < 1.29 is 12.8 Å². The van der Waals surface area contributed by atoms with Crippen LogP contribution in [-0.4, -0.2) is 27.0 Å². The van der Waals surface area contributed by atoms with Crippen LogP contribution in [0.15, 0.2) is 22.7 Å². The van der Waals surface area contributed by atoms with Gasteiger partial charge in [0, 0.05) is 16.3 Å². The van der Waals surface area contributed by atoms with Gasteiger partial charge < -0.3 is 5.32 Å². The third kappa shape index (κ3) is 5.20. The first-order valence-electron chi connectivity index (χ1n) is 6.22. The van der Waals surface area contributed by atoms with Crippen LogP contribution in [0, 0.1) is 5.82 Å². The molecule has 1 rings (SSSR count). The van der Waals surface area contributed by atoms with E-state index < -0.39 is 9.84 Å². The van der Waals surface area contributed by atoms with Gasteiger partial charge in [-0.3, -0.25) is 0 Å². The standard InChI is InChI=1S/C13H19BrFNO2S/c1-3-19(17,18)8-4-5-13(16-2)11-9-10(15)6-7-12(11)14/h6-7,9,13,16H,3-5,8H2,1-2H3. The third-order valence-corrected chi connectivity index (χ3v) is 5.58. The third-order valence-electron chi connectivity index (χ3n) is 3.07. The zero-order valence-electron chi connectivity index (χ0n) is 11.1. The highest BCUT2D eigenvalue weighted by Crippen LogP contribution is 2.27. The Kier molecular flexibility index (Phi) is 6.42. The fraction of sp³-hybridized carbons (Fsp3) is 0.538. The summed E-state index contributed by atoms with van der Waals surface area (Å²) in [7, 11) is -1.15. The molecule has 0 amide bonds. The maximum absolute atomic E-state index is 13.3. The molecule has 0 radical (unpaired) electrons. The Labute approximate surface area is 122 Å². The molecule has 0 aromatic heterocycles. The van der Waals surface area contributed by atoms with Gasteiger partial charge in [0.05, 0.1) is 5.75 Å². The van der Waals surface area contributed by atoms with Crippen LogP contribution in [0.5, 0.6) is 0 Å². The average molecular weight is 352 g/mol. The molecule has 0 aliphatic rings. The highest BCUT2D eigenvalue weighted by Gasteiger charge is 2.15. The van der Waals surface area contributed by atoms with Crippen LogP contribution in [0.25, 0.3) is 0 Å². The molecule has 0 bridgehead atoms. The lowest BCUT2D eigenvalue weighted by molar-refractivity contribution is 0.528. The molecule has 0 heterocycles. The smallest absolute Gasteiger partial charge is 0.150 e. The van der Waals surface area contributed by atoms with E-state index >= 15 is 0 Å². The molecule has 1 unspecified atom stereocenters. The number of sulfone groups is 1. The van der Waals surface area contributed by atoms with E-state index in [1.165, 1.54) is 12.1 Å². The summed E-state index contributed by atoms with van der Waals surface area (Å²) in [5.74, 6) is 0.0507. The van der Waals surface area contributed by atoms with E-state index in [0.717, 1.165) is 10.0 Å². The van der Waals surface area contributed by atoms with Crippen molar-refractivity contribution in [1.82, 2.24) is 5.32 Å². The van der Waals surface area contributed by atoms with E-state index in [0.29, 0.717) is 12.8 Å². The van der Waals surface area contributed by atoms with Gasteiger partial charge in [-0.25, -0.2) is 12.8 Å². The first-order valence-corrected chi connectivity index (χ1v) is 8.83. The van der Waals surface area contributed by atoms with Gasteiger partial charge in [0.2, 0.25) is 0 Å². The van der Waals surface area contributed by atoms with Gasteiger partial charge in [-0.2, -0.15) is 0 Å². The summed E-state index contributed by atoms with van der Waals surface area (Å²) in [6.45, 7) is 1.65. The molecule has 108 valence electrons. The Balaban J connectivity index is 2.71. The van der Waals surface area contributed by atoms with E-state index in [1.807, 2.05) is 0 Å². The molecule has 0 saturated heterocycles. The molecule has 0 spiro atoms. The Morgan fingerprint density at radius 3 is 2.68 bits per heavy atom. The fourth-order valence-electron chi connectivity index (χ4n) is 1.89. The number of rotatable bonds is 7. The van der Waals surface area contributed by atoms with E-state index in [-0.39, 0.29) is 23.4 Å². The molecule has 1 aromatic rings. The molecular weight excluding hydrogens is 333 g/mol. The van der Waals surface area contributed by atoms with Crippen molar-refractivity contribution in [2.24, 2.45) is 0 Å². The van der Waals surface area contributed by atoms with E-state index in [1.54, 1.807) is 20.0 Å². The minimum Gasteiger partial charge on any atom is -0.313 e. The Hall–Kier alpha value is -0.460. The largest absolute Gasteiger partial charge is 0.313 e. The number of hydrogen-bond acceptors (Lipinski definition) is 3. The summed E-state index contributed by atoms with van der Waals surface area (Å²) in [5.41, 5.74) is 0.816. The summed E-state index contributed by atoms with van der Waals surface area (Å²) in [6, 6.07) is 4.47. The molecule has 3 nitrogen and oxygen atoms in total. The van der Waals surface area contributed by atoms with E-state index in [2.05, 4.69) is 21.2 Å². The number of nitrogens with one attached hydrogen (secondary N) is 1. The van der Waals surface area contributed by atoms with Crippen LogP contribution in [0.3, 0.4) is 0 Å². The first kappa shape index (κ1) is 16.6. The average Bonchev–Trinajstić information content (AvgIpc) is 2.38. The second-order valence-corrected chi connectivity index (χ2v) is 7.71. The normalized spacial score (nSPS) is 13.5. The van der Waals surface area contributed by atoms with Gasteiger partial charge in [0.1, 0.15) is 15.7 Å². The monoisotopic (exact) mass is 351 g/mol. The Morgan fingerprint density at radius 2 is 2.11 bits per heavy atom. The van der Waals surface area contributed by atoms with Crippen molar-refractivity contribution in [3.63, 3.8) is 0 Å². The van der Waals surface area contributed by atoms with Crippen LogP contribution in [0.1, 0.15) is 31.4 Å². The second kappa shape index (κ2) is 7.36. The first-order chi connectivity index (χ1) is 8.89. The molecule has 0 saturated carbocycles. The molecule has 1 aromatic carbocycles. The van der Waals surface area contributed by atoms with Crippen molar-refractivity contribution in [2.45, 2.75) is 25.8 Å². The van der Waals surface area contributed by atoms with Gasteiger partial charge in [0.25, 0.3) is 0 Å². The fourth-order valence-corrected chi connectivity index (χ4v) is 3.31. The highest BCUT2D eigenvalue weighted by molar-refractivity contribution is 9.10. The second-order valence-electron chi connectivity index (χ2n) is 4.39. The summed E-state index contributed by atoms with van der Waals surface area (Å²) in [4.78, 5) is 0. The summed E-state index contributed by atoms with van der Waals surface area (Å²) in [5, 5.41) is 3.10. The predicted octanol–water partition coefficient (Wildman–Crippen LogP) is 3.06. The number of halogens is 2. The van der Waals surface area contributed by atoms with Crippen molar-refractivity contribution >= 4 is 25.8 Å². The molecule has 0 aliphatic heterocycles. The van der Waals surface area contributed by atoms with Crippen LogP contribution >= 0.6 is 15.9 Å². The minimum atomic E-state index is -2.94. The Bertz CT molecular complexity index is 519. The van der Waals surface area contributed by atoms with Crippen LogP contribution in [0.2, 0.25) is 0 Å². The summed E-state index contributed by atoms with van der Waals surface area (Å²) < 4.78 is 37.0. The number of hydrogen-bond donors (Lipinski definition) is 1. The predicted molar refractivity (Wildman–Crippen MR) is 79.5 cm³/mol. The molecular formula is C13H19BrFNO2S. The van der Waals surface area contributed by atoms with Crippen molar-refractivity contribution in [2.75, 3.05) is 18.6 Å². The van der Waals surface area contributed by atoms with Crippen molar-refractivity contribution in [3.05, 3.63) is 34.1 Å². The quantitative estimate of drug-likeness (QED) is 0.820. The van der Waals surface area contributed by atoms with Crippen molar-refractivity contribution in [3.8, 4) is 0 Å². The zero-order valence-corrected chi connectivity index (χ0v) is 13.5. The lowest BCUT2D eigenvalue weighted by Gasteiger charge is -2.18. The van der Waals surface area contributed by atoms with Gasteiger partial charge in [0.15, 0.2) is 0 Å². The molecule has 19 heavy (non-hydrogen) atoms. The molecule has 0 aliphatic carbocycles. The van der Waals surface area contributed by atoms with Gasteiger partial charge in [-0.15, -0.1) is 0 Å². The summed E-state index contributed by atoms with van der Waals surface area (Å²) >= 11 is 3.39. The molecule has 1 N–H and O–H groups in total. The molecule has 6 heteroatoms. The van der Waals surface area contributed by atoms with Crippen LogP contribution in [0.4, 0.5) is 4.39 Å². The maximum atomic E-state index is 13.3. The van der Waals surface area contributed by atoms with Gasteiger partial charge in [-0.05, 0) is 43.7 Å². The number of benzene rings is 1. The SMILES string of the molecule is CCS(=O)(=O)CCCC(NC)c1cc(F)ccc1Br.